The number of aryl methyl sites for hydroxylation is 1. The van der Waals surface area contributed by atoms with E-state index in [1.54, 1.807) is 29.3 Å². The first-order valence-corrected chi connectivity index (χ1v) is 8.26. The van der Waals surface area contributed by atoms with Gasteiger partial charge in [0, 0.05) is 48.7 Å². The molecule has 0 radical (unpaired) electrons. The molecule has 1 N–H and O–H groups in total. The molecule has 6 heteroatoms. The van der Waals surface area contributed by atoms with E-state index in [1.807, 2.05) is 49.6 Å². The number of benzene rings is 1. The Bertz CT molecular complexity index is 1090. The fraction of sp³-hybridized carbons (Fsp3) is 0.100. The van der Waals surface area contributed by atoms with Gasteiger partial charge in [-0.15, -0.1) is 0 Å². The second-order valence-electron chi connectivity index (χ2n) is 6.06. The Morgan fingerprint density at radius 3 is 2.81 bits per heavy atom. The summed E-state index contributed by atoms with van der Waals surface area (Å²) in [7, 11) is 1.87. The van der Waals surface area contributed by atoms with Crippen LogP contribution in [0.25, 0.3) is 22.0 Å². The smallest absolute Gasteiger partial charge is 0.270 e. The van der Waals surface area contributed by atoms with E-state index in [0.717, 1.165) is 27.6 Å². The molecule has 4 aromatic rings. The van der Waals surface area contributed by atoms with Crippen molar-refractivity contribution in [2.45, 2.75) is 6.54 Å². The van der Waals surface area contributed by atoms with Crippen molar-refractivity contribution in [1.82, 2.24) is 25.1 Å². The molecule has 26 heavy (non-hydrogen) atoms. The van der Waals surface area contributed by atoms with Crippen LogP contribution in [0.5, 0.6) is 0 Å². The molecule has 0 saturated heterocycles. The molecule has 3 heterocycles. The van der Waals surface area contributed by atoms with Crippen LogP contribution in [0, 0.1) is 0 Å². The van der Waals surface area contributed by atoms with Crippen molar-refractivity contribution >= 4 is 16.8 Å². The quantitative estimate of drug-likeness (QED) is 0.618. The highest BCUT2D eigenvalue weighted by molar-refractivity contribution is 5.94. The number of nitrogens with one attached hydrogen (secondary N) is 1. The zero-order valence-corrected chi connectivity index (χ0v) is 14.3. The summed E-state index contributed by atoms with van der Waals surface area (Å²) in [6.45, 7) is 0.383. The highest BCUT2D eigenvalue weighted by Crippen LogP contribution is 2.18. The summed E-state index contributed by atoms with van der Waals surface area (Å²) < 4.78 is 1.75. The zero-order chi connectivity index (χ0) is 17.9. The van der Waals surface area contributed by atoms with Crippen molar-refractivity contribution < 1.29 is 4.79 Å². The minimum Gasteiger partial charge on any atom is -0.347 e. The van der Waals surface area contributed by atoms with Gasteiger partial charge in [-0.3, -0.25) is 14.5 Å². The highest BCUT2D eigenvalue weighted by atomic mass is 16.1. The lowest BCUT2D eigenvalue weighted by Gasteiger charge is -2.07. The third kappa shape index (κ3) is 3.30. The van der Waals surface area contributed by atoms with Gasteiger partial charge in [0.05, 0.1) is 11.7 Å². The van der Waals surface area contributed by atoms with Gasteiger partial charge in [-0.05, 0) is 23.8 Å². The molecule has 0 atom stereocenters. The Balaban J connectivity index is 1.48. The molecular formula is C20H17N5O. The largest absolute Gasteiger partial charge is 0.347 e. The first kappa shape index (κ1) is 16.0. The fourth-order valence-corrected chi connectivity index (χ4v) is 2.78. The molecule has 0 bridgehead atoms. The predicted molar refractivity (Wildman–Crippen MR) is 99.4 cm³/mol. The average molecular weight is 343 g/mol. The SMILES string of the molecule is Cn1cc(-c2cncc(CNC(=O)c3ccc4ccccc4n3)c2)cn1. The Labute approximate surface area is 150 Å². The number of carbonyl (C=O) groups is 1. The molecule has 0 saturated carbocycles. The van der Waals surface area contributed by atoms with Crippen molar-refractivity contribution in [2.75, 3.05) is 0 Å². The van der Waals surface area contributed by atoms with Crippen LogP contribution in [0.4, 0.5) is 0 Å². The lowest BCUT2D eigenvalue weighted by molar-refractivity contribution is 0.0946. The second-order valence-corrected chi connectivity index (χ2v) is 6.06. The summed E-state index contributed by atoms with van der Waals surface area (Å²) in [4.78, 5) is 21.1. The monoisotopic (exact) mass is 343 g/mol. The van der Waals surface area contributed by atoms with Gasteiger partial charge in [0.25, 0.3) is 5.91 Å². The Hall–Kier alpha value is -3.54. The van der Waals surface area contributed by atoms with Crippen LogP contribution in [-0.2, 0) is 13.6 Å². The molecular weight excluding hydrogens is 326 g/mol. The maximum absolute atomic E-state index is 12.4. The predicted octanol–water partition coefficient (Wildman–Crippen LogP) is 2.96. The highest BCUT2D eigenvalue weighted by Gasteiger charge is 2.09. The molecule has 1 amide bonds. The maximum Gasteiger partial charge on any atom is 0.270 e. The molecule has 0 spiro atoms. The molecule has 0 aliphatic heterocycles. The van der Waals surface area contributed by atoms with Gasteiger partial charge < -0.3 is 5.32 Å². The molecule has 1 aromatic carbocycles. The van der Waals surface area contributed by atoms with E-state index in [2.05, 4.69) is 20.4 Å². The molecule has 128 valence electrons. The molecule has 3 aromatic heterocycles. The summed E-state index contributed by atoms with van der Waals surface area (Å²) in [6.07, 6.45) is 7.25. The van der Waals surface area contributed by atoms with Crippen LogP contribution >= 0.6 is 0 Å². The molecule has 0 fully saturated rings. The number of hydrogen-bond acceptors (Lipinski definition) is 4. The van der Waals surface area contributed by atoms with Gasteiger partial charge in [0.1, 0.15) is 5.69 Å². The zero-order valence-electron chi connectivity index (χ0n) is 14.3. The summed E-state index contributed by atoms with van der Waals surface area (Å²) in [5.74, 6) is -0.206. The van der Waals surface area contributed by atoms with E-state index in [0.29, 0.717) is 12.2 Å². The van der Waals surface area contributed by atoms with Gasteiger partial charge in [0.2, 0.25) is 0 Å². The molecule has 0 aliphatic carbocycles. The van der Waals surface area contributed by atoms with Crippen molar-refractivity contribution in [3.63, 3.8) is 0 Å². The lowest BCUT2D eigenvalue weighted by atomic mass is 10.1. The summed E-state index contributed by atoms with van der Waals surface area (Å²) >= 11 is 0. The lowest BCUT2D eigenvalue weighted by Crippen LogP contribution is -2.23. The number of hydrogen-bond donors (Lipinski definition) is 1. The van der Waals surface area contributed by atoms with Crippen LogP contribution in [0.3, 0.4) is 0 Å². The number of nitrogens with zero attached hydrogens (tertiary/aromatic N) is 4. The van der Waals surface area contributed by atoms with Gasteiger partial charge in [0.15, 0.2) is 0 Å². The van der Waals surface area contributed by atoms with Gasteiger partial charge in [-0.2, -0.15) is 5.10 Å². The van der Waals surface area contributed by atoms with Crippen molar-refractivity contribution in [2.24, 2.45) is 7.05 Å². The van der Waals surface area contributed by atoms with E-state index in [4.69, 9.17) is 0 Å². The number of para-hydroxylation sites is 1. The van der Waals surface area contributed by atoms with E-state index in [9.17, 15) is 4.79 Å². The summed E-state index contributed by atoms with van der Waals surface area (Å²) in [6, 6.07) is 13.4. The molecule has 6 nitrogen and oxygen atoms in total. The Kier molecular flexibility index (Phi) is 4.15. The van der Waals surface area contributed by atoms with Crippen LogP contribution in [0.2, 0.25) is 0 Å². The van der Waals surface area contributed by atoms with E-state index < -0.39 is 0 Å². The topological polar surface area (TPSA) is 72.7 Å². The van der Waals surface area contributed by atoms with Gasteiger partial charge in [-0.1, -0.05) is 24.3 Å². The minimum absolute atomic E-state index is 0.206. The Morgan fingerprint density at radius 2 is 1.96 bits per heavy atom. The number of amides is 1. The third-order valence-corrected chi connectivity index (χ3v) is 4.12. The maximum atomic E-state index is 12.4. The Morgan fingerprint density at radius 1 is 1.08 bits per heavy atom. The van der Waals surface area contributed by atoms with Crippen LogP contribution < -0.4 is 5.32 Å². The van der Waals surface area contributed by atoms with Crippen molar-refractivity contribution in [1.29, 1.82) is 0 Å². The van der Waals surface area contributed by atoms with Crippen LogP contribution in [0.1, 0.15) is 16.1 Å². The number of carbonyl (C=O) groups excluding carboxylic acids is 1. The van der Waals surface area contributed by atoms with Crippen LogP contribution in [0.15, 0.2) is 67.3 Å². The third-order valence-electron chi connectivity index (χ3n) is 4.12. The average Bonchev–Trinajstić information content (AvgIpc) is 3.12. The first-order valence-electron chi connectivity index (χ1n) is 8.26. The first-order chi connectivity index (χ1) is 12.7. The van der Waals surface area contributed by atoms with Gasteiger partial charge in [-0.25, -0.2) is 4.98 Å². The standard InChI is InChI=1S/C20H17N5O/c1-25-13-17(12-23-25)16-8-14(9-21-11-16)10-22-20(26)19-7-6-15-4-2-3-5-18(15)24-19/h2-9,11-13H,10H2,1H3,(H,22,26). The molecule has 4 rings (SSSR count). The van der Waals surface area contributed by atoms with Gasteiger partial charge >= 0.3 is 0 Å². The van der Waals surface area contributed by atoms with E-state index in [-0.39, 0.29) is 5.91 Å². The number of pyridine rings is 2. The second kappa shape index (κ2) is 6.76. The van der Waals surface area contributed by atoms with Crippen molar-refractivity contribution in [3.05, 3.63) is 78.5 Å². The summed E-state index contributed by atoms with van der Waals surface area (Å²) in [5, 5.41) is 8.09. The van der Waals surface area contributed by atoms with Crippen LogP contribution in [-0.4, -0.2) is 25.7 Å². The number of fused-ring (bicyclic) bond motifs is 1. The number of rotatable bonds is 4. The molecule has 0 unspecified atom stereocenters. The number of aromatic nitrogens is 4. The normalized spacial score (nSPS) is 10.8. The fourth-order valence-electron chi connectivity index (χ4n) is 2.78. The van der Waals surface area contributed by atoms with E-state index in [1.165, 1.54) is 0 Å². The molecule has 0 aliphatic rings. The summed E-state index contributed by atoms with van der Waals surface area (Å²) in [5.41, 5.74) is 4.08. The van der Waals surface area contributed by atoms with Crippen molar-refractivity contribution in [3.8, 4) is 11.1 Å². The minimum atomic E-state index is -0.206. The van der Waals surface area contributed by atoms with E-state index >= 15 is 0 Å².